The third-order valence-corrected chi connectivity index (χ3v) is 5.29. The average molecular weight is 439 g/mol. The summed E-state index contributed by atoms with van der Waals surface area (Å²) in [5.74, 6) is -0.285. The van der Waals surface area contributed by atoms with Gasteiger partial charge in [0.05, 0.1) is 0 Å². The number of carbonyl (C=O) groups is 2. The largest absolute Gasteiger partial charge is 0.444 e. The van der Waals surface area contributed by atoms with E-state index >= 15 is 0 Å². The summed E-state index contributed by atoms with van der Waals surface area (Å²) in [5.41, 5.74) is 2.14. The Bertz CT molecular complexity index is 886. The zero-order valence-electron chi connectivity index (χ0n) is 19.4. The van der Waals surface area contributed by atoms with Gasteiger partial charge in [-0.25, -0.2) is 4.79 Å². The summed E-state index contributed by atoms with van der Waals surface area (Å²) >= 11 is 0. The van der Waals surface area contributed by atoms with Gasteiger partial charge in [-0.05, 0) is 57.6 Å². The molecular weight excluding hydrogens is 404 g/mol. The summed E-state index contributed by atoms with van der Waals surface area (Å²) in [4.78, 5) is 30.0. The van der Waals surface area contributed by atoms with E-state index in [-0.39, 0.29) is 5.91 Å². The topological polar surface area (TPSA) is 73.9 Å². The third-order valence-electron chi connectivity index (χ3n) is 5.29. The Kier molecular flexibility index (Phi) is 7.75. The van der Waals surface area contributed by atoms with Gasteiger partial charge in [-0.15, -0.1) is 0 Å². The first-order chi connectivity index (χ1) is 15.2. The van der Waals surface area contributed by atoms with Gasteiger partial charge in [-0.1, -0.05) is 30.3 Å². The van der Waals surface area contributed by atoms with Crippen molar-refractivity contribution in [2.24, 2.45) is 0 Å². The van der Waals surface area contributed by atoms with Crippen LogP contribution in [0.2, 0.25) is 0 Å². The van der Waals surface area contributed by atoms with Crippen molar-refractivity contribution in [3.63, 3.8) is 0 Å². The van der Waals surface area contributed by atoms with Gasteiger partial charge in [0.25, 0.3) is 0 Å². The summed E-state index contributed by atoms with van der Waals surface area (Å²) in [6.45, 7) is 9.43. The third kappa shape index (κ3) is 7.27. The van der Waals surface area contributed by atoms with Crippen LogP contribution >= 0.6 is 0 Å². The van der Waals surface area contributed by atoms with Crippen molar-refractivity contribution in [1.29, 1.82) is 0 Å². The van der Waals surface area contributed by atoms with Gasteiger partial charge in [-0.3, -0.25) is 4.79 Å². The zero-order chi connectivity index (χ0) is 23.1. The maximum absolute atomic E-state index is 13.0. The smallest absolute Gasteiger partial charge is 0.408 e. The van der Waals surface area contributed by atoms with E-state index in [1.807, 2.05) is 54.6 Å². The first kappa shape index (κ1) is 23.6. The Morgan fingerprint density at radius 3 is 2.19 bits per heavy atom. The molecule has 172 valence electrons. The number of ether oxygens (including phenoxy) is 1. The second-order valence-electron chi connectivity index (χ2n) is 9.21. The van der Waals surface area contributed by atoms with E-state index in [0.717, 1.165) is 37.4 Å². The molecule has 1 unspecified atom stereocenters. The predicted octanol–water partition coefficient (Wildman–Crippen LogP) is 3.51. The van der Waals surface area contributed by atoms with Crippen LogP contribution in [-0.4, -0.2) is 61.8 Å². The van der Waals surface area contributed by atoms with Crippen molar-refractivity contribution in [1.82, 2.24) is 10.2 Å². The van der Waals surface area contributed by atoms with Crippen LogP contribution in [0.5, 0.6) is 0 Å². The summed E-state index contributed by atoms with van der Waals surface area (Å²) < 4.78 is 5.36. The molecule has 0 radical (unpaired) electrons. The fourth-order valence-corrected chi connectivity index (χ4v) is 3.56. The highest BCUT2D eigenvalue weighted by Crippen LogP contribution is 2.20. The molecule has 2 aromatic rings. The van der Waals surface area contributed by atoms with Crippen molar-refractivity contribution in [3.05, 3.63) is 60.2 Å². The van der Waals surface area contributed by atoms with E-state index in [1.54, 1.807) is 20.8 Å². The van der Waals surface area contributed by atoms with E-state index in [4.69, 9.17) is 4.74 Å². The van der Waals surface area contributed by atoms with E-state index in [0.29, 0.717) is 12.1 Å². The lowest BCUT2D eigenvalue weighted by Gasteiger charge is -2.34. The van der Waals surface area contributed by atoms with Crippen LogP contribution in [0, 0.1) is 0 Å². The van der Waals surface area contributed by atoms with Crippen LogP contribution in [-0.2, 0) is 16.0 Å². The standard InChI is InChI=1S/C25H34N4O3/c1-25(2,3)32-24(31)27-22(18-19-8-6-5-7-9-19)23(30)26-20-10-12-21(13-11-20)29-16-14-28(4)15-17-29/h5-13,22H,14-18H2,1-4H3,(H,26,30)(H,27,31). The van der Waals surface area contributed by atoms with Gasteiger partial charge in [-0.2, -0.15) is 0 Å². The number of hydrogen-bond acceptors (Lipinski definition) is 5. The van der Waals surface area contributed by atoms with E-state index in [1.165, 1.54) is 0 Å². The van der Waals surface area contributed by atoms with Crippen LogP contribution < -0.4 is 15.5 Å². The van der Waals surface area contributed by atoms with Crippen molar-refractivity contribution in [2.75, 3.05) is 43.4 Å². The molecule has 0 saturated carbocycles. The molecule has 0 spiro atoms. The van der Waals surface area contributed by atoms with Crippen molar-refractivity contribution >= 4 is 23.4 Å². The van der Waals surface area contributed by atoms with Crippen LogP contribution in [0.4, 0.5) is 16.2 Å². The molecule has 1 heterocycles. The van der Waals surface area contributed by atoms with Crippen molar-refractivity contribution < 1.29 is 14.3 Å². The van der Waals surface area contributed by atoms with E-state index in [9.17, 15) is 9.59 Å². The molecule has 7 heteroatoms. The van der Waals surface area contributed by atoms with Gasteiger partial charge >= 0.3 is 6.09 Å². The number of nitrogens with one attached hydrogen (secondary N) is 2. The predicted molar refractivity (Wildman–Crippen MR) is 128 cm³/mol. The molecule has 1 saturated heterocycles. The SMILES string of the molecule is CN1CCN(c2ccc(NC(=O)C(Cc3ccccc3)NC(=O)OC(C)(C)C)cc2)CC1. The lowest BCUT2D eigenvalue weighted by atomic mass is 10.1. The van der Waals surface area contributed by atoms with Crippen LogP contribution in [0.3, 0.4) is 0 Å². The van der Waals surface area contributed by atoms with Gasteiger partial charge in [0, 0.05) is 44.0 Å². The summed E-state index contributed by atoms with van der Waals surface area (Å²) in [6.07, 6.45) is -0.246. The molecule has 2 aromatic carbocycles. The van der Waals surface area contributed by atoms with Crippen LogP contribution in [0.1, 0.15) is 26.3 Å². The molecule has 2 amide bonds. The molecule has 1 aliphatic heterocycles. The summed E-state index contributed by atoms with van der Waals surface area (Å²) in [5, 5.41) is 5.65. The highest BCUT2D eigenvalue weighted by atomic mass is 16.6. The number of hydrogen-bond donors (Lipinski definition) is 2. The molecule has 7 nitrogen and oxygen atoms in total. The first-order valence-electron chi connectivity index (χ1n) is 11.1. The number of anilines is 2. The van der Waals surface area contributed by atoms with E-state index < -0.39 is 17.7 Å². The quantitative estimate of drug-likeness (QED) is 0.722. The summed E-state index contributed by atoms with van der Waals surface area (Å²) in [6, 6.07) is 16.7. The minimum absolute atomic E-state index is 0.285. The molecule has 1 fully saturated rings. The highest BCUT2D eigenvalue weighted by Gasteiger charge is 2.25. The van der Waals surface area contributed by atoms with E-state index in [2.05, 4.69) is 27.5 Å². The Morgan fingerprint density at radius 1 is 0.969 bits per heavy atom. The number of likely N-dealkylation sites (N-methyl/N-ethyl adjacent to an activating group) is 1. The number of nitrogens with zero attached hydrogens (tertiary/aromatic N) is 2. The highest BCUT2D eigenvalue weighted by molar-refractivity contribution is 5.96. The molecule has 2 N–H and O–H groups in total. The van der Waals surface area contributed by atoms with Crippen molar-refractivity contribution in [3.8, 4) is 0 Å². The van der Waals surface area contributed by atoms with Gasteiger partial charge in [0.1, 0.15) is 11.6 Å². The van der Waals surface area contributed by atoms with Crippen LogP contribution in [0.15, 0.2) is 54.6 Å². The fraction of sp³-hybridized carbons (Fsp3) is 0.440. The molecule has 1 aliphatic rings. The normalized spacial score (nSPS) is 15.7. The zero-order valence-corrected chi connectivity index (χ0v) is 19.4. The van der Waals surface area contributed by atoms with Gasteiger partial charge in [0.2, 0.25) is 5.91 Å². The summed E-state index contributed by atoms with van der Waals surface area (Å²) in [7, 11) is 2.13. The minimum Gasteiger partial charge on any atom is -0.444 e. The Balaban J connectivity index is 1.66. The lowest BCUT2D eigenvalue weighted by molar-refractivity contribution is -0.118. The molecule has 0 aromatic heterocycles. The molecular formula is C25H34N4O3. The Hall–Kier alpha value is -3.06. The van der Waals surface area contributed by atoms with Gasteiger partial charge < -0.3 is 25.2 Å². The monoisotopic (exact) mass is 438 g/mol. The average Bonchev–Trinajstić information content (AvgIpc) is 2.74. The number of rotatable bonds is 6. The number of benzene rings is 2. The maximum Gasteiger partial charge on any atom is 0.408 e. The molecule has 0 bridgehead atoms. The number of piperazine rings is 1. The number of alkyl carbamates (subject to hydrolysis) is 1. The molecule has 32 heavy (non-hydrogen) atoms. The van der Waals surface area contributed by atoms with Crippen LogP contribution in [0.25, 0.3) is 0 Å². The second-order valence-corrected chi connectivity index (χ2v) is 9.21. The second kappa shape index (κ2) is 10.5. The molecule has 3 rings (SSSR count). The maximum atomic E-state index is 13.0. The minimum atomic E-state index is -0.760. The lowest BCUT2D eigenvalue weighted by Crippen LogP contribution is -2.47. The number of carbonyl (C=O) groups excluding carboxylic acids is 2. The number of amides is 2. The fourth-order valence-electron chi connectivity index (χ4n) is 3.56. The molecule has 1 atom stereocenters. The van der Waals surface area contributed by atoms with Crippen molar-refractivity contribution in [2.45, 2.75) is 38.8 Å². The molecule has 0 aliphatic carbocycles. The Labute approximate surface area is 190 Å². The van der Waals surface area contributed by atoms with Gasteiger partial charge in [0.15, 0.2) is 0 Å². The first-order valence-corrected chi connectivity index (χ1v) is 11.1. The Morgan fingerprint density at radius 2 is 1.59 bits per heavy atom.